The monoisotopic (exact) mass is 264 g/mol. The summed E-state index contributed by atoms with van der Waals surface area (Å²) in [7, 11) is 0. The summed E-state index contributed by atoms with van der Waals surface area (Å²) in [6.45, 7) is 5.89. The molecule has 0 bridgehead atoms. The minimum atomic E-state index is 0.343. The molecule has 1 saturated heterocycles. The van der Waals surface area contributed by atoms with Crippen molar-refractivity contribution in [1.82, 2.24) is 20.3 Å². The summed E-state index contributed by atoms with van der Waals surface area (Å²) in [6.07, 6.45) is 2.33. The van der Waals surface area contributed by atoms with E-state index in [0.717, 1.165) is 41.0 Å². The molecule has 0 amide bonds. The van der Waals surface area contributed by atoms with Crippen LogP contribution >= 0.6 is 11.3 Å². The fourth-order valence-electron chi connectivity index (χ4n) is 2.45. The third-order valence-corrected chi connectivity index (χ3v) is 4.07. The predicted molar refractivity (Wildman–Crippen MR) is 68.3 cm³/mol. The van der Waals surface area contributed by atoms with Crippen LogP contribution in [0.5, 0.6) is 0 Å². The van der Waals surface area contributed by atoms with Gasteiger partial charge in [0, 0.05) is 6.07 Å². The average Bonchev–Trinajstić information content (AvgIpc) is 3.01. The minimum absolute atomic E-state index is 0.343. The highest BCUT2D eigenvalue weighted by molar-refractivity contribution is 7.11. The van der Waals surface area contributed by atoms with Gasteiger partial charge in [0.2, 0.25) is 0 Å². The number of nitrogens with zero attached hydrogens (tertiary/aromatic N) is 4. The molecule has 1 unspecified atom stereocenters. The summed E-state index contributed by atoms with van der Waals surface area (Å²) in [5.74, 6) is 0.978. The van der Waals surface area contributed by atoms with Gasteiger partial charge in [0.15, 0.2) is 5.76 Å². The van der Waals surface area contributed by atoms with Gasteiger partial charge in [0.05, 0.1) is 18.3 Å². The fraction of sp³-hybridized carbons (Fsp3) is 0.583. The highest BCUT2D eigenvalue weighted by Crippen LogP contribution is 2.33. The molecular formula is C12H16N4OS. The lowest BCUT2D eigenvalue weighted by atomic mass is 10.1. The smallest absolute Gasteiger partial charge is 0.154 e. The van der Waals surface area contributed by atoms with Gasteiger partial charge in [0.1, 0.15) is 10.0 Å². The Morgan fingerprint density at radius 2 is 2.33 bits per heavy atom. The molecule has 1 fully saturated rings. The van der Waals surface area contributed by atoms with E-state index in [1.54, 1.807) is 11.3 Å². The quantitative estimate of drug-likeness (QED) is 0.852. The van der Waals surface area contributed by atoms with Crippen LogP contribution in [0, 0.1) is 13.8 Å². The number of rotatable bonds is 3. The van der Waals surface area contributed by atoms with Crippen LogP contribution < -0.4 is 0 Å². The molecule has 3 heterocycles. The van der Waals surface area contributed by atoms with Crippen LogP contribution in [0.2, 0.25) is 0 Å². The Morgan fingerprint density at radius 1 is 1.44 bits per heavy atom. The molecule has 1 aliphatic rings. The normalized spacial score (nSPS) is 20.7. The van der Waals surface area contributed by atoms with E-state index in [0.29, 0.717) is 6.04 Å². The number of likely N-dealkylation sites (tertiary alicyclic amines) is 1. The van der Waals surface area contributed by atoms with Crippen LogP contribution in [-0.2, 0) is 6.54 Å². The first-order valence-electron chi connectivity index (χ1n) is 6.18. The number of hydrogen-bond donors (Lipinski definition) is 0. The first-order chi connectivity index (χ1) is 8.72. The first-order valence-corrected chi connectivity index (χ1v) is 7.00. The molecule has 1 aliphatic heterocycles. The summed E-state index contributed by atoms with van der Waals surface area (Å²) in [5.41, 5.74) is 0.948. The number of aryl methyl sites for hydroxylation is 2. The van der Waals surface area contributed by atoms with Gasteiger partial charge in [0.25, 0.3) is 0 Å². The van der Waals surface area contributed by atoms with Crippen molar-refractivity contribution in [2.24, 2.45) is 0 Å². The minimum Gasteiger partial charge on any atom is -0.359 e. The SMILES string of the molecule is Cc1cc(C2CCCN2Cc2nnc(C)s2)on1. The molecule has 0 aliphatic carbocycles. The van der Waals surface area contributed by atoms with Gasteiger partial charge in [-0.15, -0.1) is 21.5 Å². The summed E-state index contributed by atoms with van der Waals surface area (Å²) in [5, 5.41) is 14.3. The molecule has 3 rings (SSSR count). The van der Waals surface area contributed by atoms with Crippen molar-refractivity contribution >= 4 is 11.3 Å². The van der Waals surface area contributed by atoms with Crippen molar-refractivity contribution in [3.63, 3.8) is 0 Å². The van der Waals surface area contributed by atoms with E-state index in [1.807, 2.05) is 19.9 Å². The molecule has 0 spiro atoms. The van der Waals surface area contributed by atoms with Gasteiger partial charge in [-0.05, 0) is 33.2 Å². The number of hydrogen-bond acceptors (Lipinski definition) is 6. The van der Waals surface area contributed by atoms with E-state index >= 15 is 0 Å². The van der Waals surface area contributed by atoms with Crippen molar-refractivity contribution in [2.75, 3.05) is 6.54 Å². The second-order valence-corrected chi connectivity index (χ2v) is 5.98. The third-order valence-electron chi connectivity index (χ3n) is 3.24. The lowest BCUT2D eigenvalue weighted by molar-refractivity contribution is 0.206. The molecule has 6 heteroatoms. The van der Waals surface area contributed by atoms with E-state index in [2.05, 4.69) is 20.3 Å². The molecule has 0 radical (unpaired) electrons. The first kappa shape index (κ1) is 11.8. The van der Waals surface area contributed by atoms with Gasteiger partial charge >= 0.3 is 0 Å². The van der Waals surface area contributed by atoms with Gasteiger partial charge in [-0.25, -0.2) is 0 Å². The Hall–Kier alpha value is -1.27. The molecule has 0 N–H and O–H groups in total. The zero-order valence-electron chi connectivity index (χ0n) is 10.6. The zero-order chi connectivity index (χ0) is 12.5. The second-order valence-electron chi connectivity index (χ2n) is 4.71. The Morgan fingerprint density at radius 3 is 3.00 bits per heavy atom. The topological polar surface area (TPSA) is 55.1 Å². The standard InChI is InChI=1S/C12H16N4OS/c1-8-6-11(17-15-8)10-4-3-5-16(10)7-12-14-13-9(2)18-12/h6,10H,3-5,7H2,1-2H3. The van der Waals surface area contributed by atoms with E-state index in [4.69, 9.17) is 4.52 Å². The molecule has 2 aromatic rings. The molecule has 2 aromatic heterocycles. The Bertz CT molecular complexity index is 536. The van der Waals surface area contributed by atoms with Crippen molar-refractivity contribution < 1.29 is 4.52 Å². The lowest BCUT2D eigenvalue weighted by Gasteiger charge is -2.20. The van der Waals surface area contributed by atoms with Crippen LogP contribution in [0.25, 0.3) is 0 Å². The Labute approximate surface area is 110 Å². The Balaban J connectivity index is 1.75. The maximum atomic E-state index is 5.40. The molecular weight excluding hydrogens is 248 g/mol. The van der Waals surface area contributed by atoms with Gasteiger partial charge in [-0.3, -0.25) is 4.90 Å². The molecule has 18 heavy (non-hydrogen) atoms. The Kier molecular flexibility index (Phi) is 3.13. The van der Waals surface area contributed by atoms with Crippen LogP contribution in [0.1, 0.15) is 40.4 Å². The van der Waals surface area contributed by atoms with E-state index in [-0.39, 0.29) is 0 Å². The molecule has 5 nitrogen and oxygen atoms in total. The highest BCUT2D eigenvalue weighted by Gasteiger charge is 2.29. The van der Waals surface area contributed by atoms with Crippen LogP contribution in [-0.4, -0.2) is 26.8 Å². The van der Waals surface area contributed by atoms with Crippen molar-refractivity contribution in [2.45, 2.75) is 39.3 Å². The average molecular weight is 264 g/mol. The maximum absolute atomic E-state index is 5.40. The van der Waals surface area contributed by atoms with Crippen molar-refractivity contribution in [3.05, 3.63) is 27.5 Å². The fourth-order valence-corrected chi connectivity index (χ4v) is 3.19. The second kappa shape index (κ2) is 4.78. The van der Waals surface area contributed by atoms with Crippen LogP contribution in [0.3, 0.4) is 0 Å². The van der Waals surface area contributed by atoms with Gasteiger partial charge < -0.3 is 4.52 Å². The highest BCUT2D eigenvalue weighted by atomic mass is 32.1. The zero-order valence-corrected chi connectivity index (χ0v) is 11.4. The van der Waals surface area contributed by atoms with E-state index < -0.39 is 0 Å². The van der Waals surface area contributed by atoms with Crippen LogP contribution in [0.15, 0.2) is 10.6 Å². The molecule has 1 atom stereocenters. The molecule has 0 aromatic carbocycles. The van der Waals surface area contributed by atoms with Crippen molar-refractivity contribution in [3.8, 4) is 0 Å². The van der Waals surface area contributed by atoms with Gasteiger partial charge in [-0.2, -0.15) is 0 Å². The molecule has 0 saturated carbocycles. The van der Waals surface area contributed by atoms with E-state index in [9.17, 15) is 0 Å². The summed E-state index contributed by atoms with van der Waals surface area (Å²) < 4.78 is 5.40. The van der Waals surface area contributed by atoms with E-state index in [1.165, 1.54) is 6.42 Å². The predicted octanol–water partition coefficient (Wildman–Crippen LogP) is 2.48. The van der Waals surface area contributed by atoms with Crippen LogP contribution in [0.4, 0.5) is 0 Å². The largest absolute Gasteiger partial charge is 0.359 e. The number of aromatic nitrogens is 3. The van der Waals surface area contributed by atoms with Crippen molar-refractivity contribution in [1.29, 1.82) is 0 Å². The maximum Gasteiger partial charge on any atom is 0.154 e. The summed E-state index contributed by atoms with van der Waals surface area (Å²) >= 11 is 1.67. The summed E-state index contributed by atoms with van der Waals surface area (Å²) in [6, 6.07) is 2.38. The molecule has 96 valence electrons. The summed E-state index contributed by atoms with van der Waals surface area (Å²) in [4.78, 5) is 2.40. The lowest BCUT2D eigenvalue weighted by Crippen LogP contribution is -2.22. The van der Waals surface area contributed by atoms with Gasteiger partial charge in [-0.1, -0.05) is 5.16 Å². The third kappa shape index (κ3) is 2.30.